The summed E-state index contributed by atoms with van der Waals surface area (Å²) in [7, 11) is 0. The Kier molecular flexibility index (Phi) is 8.02. The molecule has 1 N–H and O–H groups in total. The van der Waals surface area contributed by atoms with E-state index in [4.69, 9.17) is 9.84 Å². The van der Waals surface area contributed by atoms with Crippen LogP contribution in [0, 0.1) is 11.6 Å². The lowest BCUT2D eigenvalue weighted by molar-refractivity contribution is 0.155. The van der Waals surface area contributed by atoms with Crippen LogP contribution < -0.4 is 5.32 Å². The number of rotatable bonds is 8. The highest BCUT2D eigenvalue weighted by Gasteiger charge is 2.41. The van der Waals surface area contributed by atoms with Gasteiger partial charge in [-0.2, -0.15) is 5.10 Å². The van der Waals surface area contributed by atoms with Crippen LogP contribution in [0.15, 0.2) is 158 Å². The van der Waals surface area contributed by atoms with E-state index in [1.165, 1.54) is 24.3 Å². The van der Waals surface area contributed by atoms with Crippen molar-refractivity contribution in [3.8, 4) is 11.3 Å². The van der Waals surface area contributed by atoms with Crippen LogP contribution >= 0.6 is 0 Å². The summed E-state index contributed by atoms with van der Waals surface area (Å²) in [5, 5.41) is 8.25. The first-order chi connectivity index (χ1) is 23.0. The molecule has 5 nitrogen and oxygen atoms in total. The average molecular weight is 622 g/mol. The molecule has 0 saturated carbocycles. The van der Waals surface area contributed by atoms with Crippen LogP contribution in [-0.4, -0.2) is 15.9 Å². The highest BCUT2D eigenvalue weighted by Crippen LogP contribution is 2.44. The minimum Gasteiger partial charge on any atom is -0.444 e. The lowest BCUT2D eigenvalue weighted by atomic mass is 9.77. The Morgan fingerprint density at radius 3 is 1.79 bits per heavy atom. The number of nitrogens with one attached hydrogen (secondary N) is 1. The van der Waals surface area contributed by atoms with Crippen molar-refractivity contribution in [1.29, 1.82) is 0 Å². The van der Waals surface area contributed by atoms with Gasteiger partial charge in [0.2, 0.25) is 0 Å². The zero-order chi connectivity index (χ0) is 32.2. The summed E-state index contributed by atoms with van der Waals surface area (Å²) in [6.07, 6.45) is -0.806. The molecule has 7 rings (SSSR count). The van der Waals surface area contributed by atoms with Gasteiger partial charge < -0.3 is 4.74 Å². The fourth-order valence-electron chi connectivity index (χ4n) is 6.11. The van der Waals surface area contributed by atoms with E-state index in [1.807, 2.05) is 126 Å². The average Bonchev–Trinajstić information content (AvgIpc) is 3.48. The van der Waals surface area contributed by atoms with Crippen molar-refractivity contribution in [2.75, 3.05) is 5.32 Å². The molecule has 1 heterocycles. The number of benzene rings is 6. The van der Waals surface area contributed by atoms with Gasteiger partial charge in [0.25, 0.3) is 0 Å². The first-order valence-electron chi connectivity index (χ1n) is 15.2. The molecule has 0 spiro atoms. The summed E-state index contributed by atoms with van der Waals surface area (Å²) in [6, 6.07) is 47.9. The molecule has 0 aliphatic rings. The van der Waals surface area contributed by atoms with Crippen molar-refractivity contribution < 1.29 is 18.3 Å². The largest absolute Gasteiger partial charge is 0.444 e. The van der Waals surface area contributed by atoms with Gasteiger partial charge in [0.05, 0.1) is 11.2 Å². The van der Waals surface area contributed by atoms with Crippen molar-refractivity contribution in [2.45, 2.75) is 12.1 Å². The molecule has 0 bridgehead atoms. The van der Waals surface area contributed by atoms with Gasteiger partial charge in [0.1, 0.15) is 29.5 Å². The predicted molar refractivity (Wildman–Crippen MR) is 180 cm³/mol. The zero-order valence-electron chi connectivity index (χ0n) is 25.2. The number of amides is 1. The minimum absolute atomic E-state index is 0.0246. The first-order valence-corrected chi connectivity index (χ1v) is 15.2. The fourth-order valence-corrected chi connectivity index (χ4v) is 6.11. The van der Waals surface area contributed by atoms with Crippen molar-refractivity contribution in [3.05, 3.63) is 192 Å². The maximum absolute atomic E-state index is 16.1. The molecular formula is C40H29F2N3O2. The minimum atomic E-state index is -1.07. The Morgan fingerprint density at radius 1 is 0.681 bits per heavy atom. The van der Waals surface area contributed by atoms with Crippen LogP contribution in [0.3, 0.4) is 0 Å². The van der Waals surface area contributed by atoms with Crippen LogP contribution in [-0.2, 0) is 16.9 Å². The molecule has 6 aromatic carbocycles. The van der Waals surface area contributed by atoms with Gasteiger partial charge in [0, 0.05) is 17.0 Å². The van der Waals surface area contributed by atoms with Gasteiger partial charge in [-0.1, -0.05) is 133 Å². The van der Waals surface area contributed by atoms with Gasteiger partial charge in [-0.05, 0) is 40.5 Å². The van der Waals surface area contributed by atoms with Gasteiger partial charge >= 0.3 is 6.09 Å². The Bertz CT molecular complexity index is 2060. The summed E-state index contributed by atoms with van der Waals surface area (Å²) in [4.78, 5) is 12.8. The molecule has 0 unspecified atom stereocenters. The topological polar surface area (TPSA) is 56.2 Å². The van der Waals surface area contributed by atoms with Crippen LogP contribution in [0.4, 0.5) is 19.3 Å². The number of hydrogen-bond donors (Lipinski definition) is 1. The number of ether oxygens (including phenoxy) is 1. The molecule has 0 radical (unpaired) electrons. The second-order valence-electron chi connectivity index (χ2n) is 11.1. The van der Waals surface area contributed by atoms with Gasteiger partial charge in [-0.25, -0.2) is 18.3 Å². The van der Waals surface area contributed by atoms with E-state index in [0.29, 0.717) is 22.2 Å². The zero-order valence-corrected chi connectivity index (χ0v) is 25.2. The van der Waals surface area contributed by atoms with E-state index >= 15 is 4.39 Å². The van der Waals surface area contributed by atoms with E-state index < -0.39 is 23.3 Å². The molecule has 0 saturated heterocycles. The highest BCUT2D eigenvalue weighted by molar-refractivity contribution is 5.98. The Balaban J connectivity index is 1.47. The summed E-state index contributed by atoms with van der Waals surface area (Å²) >= 11 is 0. The second-order valence-corrected chi connectivity index (χ2v) is 11.1. The molecule has 7 aromatic rings. The third-order valence-corrected chi connectivity index (χ3v) is 8.21. The van der Waals surface area contributed by atoms with Crippen LogP contribution in [0.1, 0.15) is 22.3 Å². The SMILES string of the molecule is O=C(Nc1cc2c(-c3cccc(F)c3)nn(C(c3ccccc3)(c3ccccc3)c3ccccc3)c2cc1F)OCc1ccccc1. The summed E-state index contributed by atoms with van der Waals surface area (Å²) in [5.74, 6) is -1.11. The number of hydrogen-bond acceptors (Lipinski definition) is 3. The third kappa shape index (κ3) is 5.64. The number of carbonyl (C=O) groups excluding carboxylic acids is 1. The molecule has 0 atom stereocenters. The number of fused-ring (bicyclic) bond motifs is 1. The molecule has 1 amide bonds. The van der Waals surface area contributed by atoms with E-state index in [1.54, 1.807) is 12.1 Å². The van der Waals surface area contributed by atoms with Crippen molar-refractivity contribution in [2.24, 2.45) is 0 Å². The van der Waals surface area contributed by atoms with Gasteiger partial charge in [-0.15, -0.1) is 0 Å². The van der Waals surface area contributed by atoms with Crippen LogP contribution in [0.2, 0.25) is 0 Å². The van der Waals surface area contributed by atoms with Crippen molar-refractivity contribution in [1.82, 2.24) is 9.78 Å². The van der Waals surface area contributed by atoms with Gasteiger partial charge in [0.15, 0.2) is 0 Å². The fraction of sp³-hybridized carbons (Fsp3) is 0.0500. The molecule has 47 heavy (non-hydrogen) atoms. The molecule has 0 aliphatic carbocycles. The number of carbonyl (C=O) groups is 1. The normalized spacial score (nSPS) is 11.4. The van der Waals surface area contributed by atoms with Crippen LogP contribution in [0.25, 0.3) is 22.2 Å². The molecule has 0 aliphatic heterocycles. The lowest BCUT2D eigenvalue weighted by Crippen LogP contribution is -2.38. The van der Waals surface area contributed by atoms with Crippen molar-refractivity contribution in [3.63, 3.8) is 0 Å². The standard InChI is InChI=1S/C40H29F2N3O2/c41-33-23-13-16-29(24-33)38-34-25-36(43-39(46)47-27-28-14-5-1-6-15-28)35(42)26-37(34)45(44-38)40(30-17-7-2-8-18-30,31-19-9-3-10-20-31)32-21-11-4-12-22-32/h1-26H,27H2,(H,43,46). The molecular weight excluding hydrogens is 592 g/mol. The van der Waals surface area contributed by atoms with Crippen LogP contribution in [0.5, 0.6) is 0 Å². The summed E-state index contributed by atoms with van der Waals surface area (Å²) in [6.45, 7) is 0.0246. The van der Waals surface area contributed by atoms with Gasteiger partial charge in [-0.3, -0.25) is 5.32 Å². The van der Waals surface area contributed by atoms with E-state index in [2.05, 4.69) is 5.32 Å². The maximum Gasteiger partial charge on any atom is 0.412 e. The molecule has 0 fully saturated rings. The van der Waals surface area contributed by atoms with E-state index in [9.17, 15) is 9.18 Å². The van der Waals surface area contributed by atoms with Crippen molar-refractivity contribution >= 4 is 22.7 Å². The number of anilines is 1. The monoisotopic (exact) mass is 621 g/mol. The quantitative estimate of drug-likeness (QED) is 0.172. The predicted octanol–water partition coefficient (Wildman–Crippen LogP) is 9.57. The second kappa shape index (κ2) is 12.7. The maximum atomic E-state index is 16.1. The highest BCUT2D eigenvalue weighted by atomic mass is 19.1. The smallest absolute Gasteiger partial charge is 0.412 e. The first kappa shape index (κ1) is 29.6. The number of aromatic nitrogens is 2. The summed E-state index contributed by atoms with van der Waals surface area (Å²) in [5.41, 5.74) is 3.68. The summed E-state index contributed by atoms with van der Waals surface area (Å²) < 4.78 is 38.0. The molecule has 7 heteroatoms. The Morgan fingerprint density at radius 2 is 1.23 bits per heavy atom. The lowest BCUT2D eigenvalue weighted by Gasteiger charge is -2.37. The van der Waals surface area contributed by atoms with E-state index in [-0.39, 0.29) is 12.3 Å². The van der Waals surface area contributed by atoms with E-state index in [0.717, 1.165) is 22.3 Å². The number of halogens is 2. The Labute approximate surface area is 270 Å². The third-order valence-electron chi connectivity index (χ3n) is 8.21. The molecule has 230 valence electrons. The molecule has 1 aromatic heterocycles. The number of nitrogens with zero attached hydrogens (tertiary/aromatic N) is 2. The Hall–Kier alpha value is -6.08.